The standard InChI is InChI=1S/C15H15ClFN3O2S2/c1-7(2)22-13(21)12-8(3)18-15(24-12)20-14(23)19-9-4-5-11(17)10(16)6-9/h4-7H,1-3H3,(H2,18,19,20,23). The first-order valence-electron chi connectivity index (χ1n) is 6.97. The second-order valence-corrected chi connectivity index (χ2v) is 6.91. The Hall–Kier alpha value is -1.77. The molecule has 24 heavy (non-hydrogen) atoms. The minimum atomic E-state index is -0.509. The van der Waals surface area contributed by atoms with Crippen molar-refractivity contribution in [2.45, 2.75) is 26.9 Å². The van der Waals surface area contributed by atoms with E-state index in [0.717, 1.165) is 11.3 Å². The highest BCUT2D eigenvalue weighted by Gasteiger charge is 2.18. The predicted octanol–water partition coefficient (Wildman–Crippen LogP) is 4.62. The average molecular weight is 388 g/mol. The lowest BCUT2D eigenvalue weighted by atomic mass is 10.3. The highest BCUT2D eigenvalue weighted by atomic mass is 35.5. The summed E-state index contributed by atoms with van der Waals surface area (Å²) >= 11 is 12.0. The van der Waals surface area contributed by atoms with E-state index in [1.165, 1.54) is 18.2 Å². The van der Waals surface area contributed by atoms with Crippen LogP contribution in [-0.2, 0) is 4.74 Å². The van der Waals surface area contributed by atoms with Crippen LogP contribution in [0.1, 0.15) is 29.2 Å². The molecule has 0 unspecified atom stereocenters. The van der Waals surface area contributed by atoms with Gasteiger partial charge in [-0.25, -0.2) is 14.2 Å². The summed E-state index contributed by atoms with van der Waals surface area (Å²) in [7, 11) is 0. The number of thiocarbonyl (C=S) groups is 1. The van der Waals surface area contributed by atoms with Crippen molar-refractivity contribution in [3.05, 3.63) is 39.6 Å². The number of aromatic nitrogens is 1. The molecule has 0 bridgehead atoms. The van der Waals surface area contributed by atoms with E-state index < -0.39 is 11.8 Å². The maximum atomic E-state index is 13.1. The number of rotatable bonds is 4. The molecule has 1 aromatic carbocycles. The van der Waals surface area contributed by atoms with Crippen molar-refractivity contribution in [3.8, 4) is 0 Å². The molecule has 0 saturated heterocycles. The van der Waals surface area contributed by atoms with E-state index in [2.05, 4.69) is 15.6 Å². The zero-order valence-corrected chi connectivity index (χ0v) is 15.5. The van der Waals surface area contributed by atoms with Crippen molar-refractivity contribution in [2.24, 2.45) is 0 Å². The molecule has 0 aliphatic heterocycles. The van der Waals surface area contributed by atoms with Gasteiger partial charge >= 0.3 is 5.97 Å². The van der Waals surface area contributed by atoms with Crippen LogP contribution in [0.15, 0.2) is 18.2 Å². The quantitative estimate of drug-likeness (QED) is 0.589. The molecule has 0 radical (unpaired) electrons. The van der Waals surface area contributed by atoms with E-state index in [9.17, 15) is 9.18 Å². The first-order valence-corrected chi connectivity index (χ1v) is 8.58. The van der Waals surface area contributed by atoms with Gasteiger partial charge in [0.15, 0.2) is 10.2 Å². The second-order valence-electron chi connectivity index (χ2n) is 5.10. The van der Waals surface area contributed by atoms with Crippen molar-refractivity contribution in [1.29, 1.82) is 0 Å². The molecular formula is C15H15ClFN3O2S2. The number of esters is 1. The van der Waals surface area contributed by atoms with Gasteiger partial charge in [-0.05, 0) is 51.2 Å². The average Bonchev–Trinajstić information content (AvgIpc) is 2.82. The van der Waals surface area contributed by atoms with Gasteiger partial charge in [-0.2, -0.15) is 0 Å². The number of ether oxygens (including phenoxy) is 1. The summed E-state index contributed by atoms with van der Waals surface area (Å²) in [5.41, 5.74) is 1.09. The minimum absolute atomic E-state index is 0.00777. The van der Waals surface area contributed by atoms with Crippen molar-refractivity contribution >= 4 is 57.1 Å². The Kier molecular flexibility index (Phi) is 6.09. The molecule has 0 amide bonds. The van der Waals surface area contributed by atoms with Gasteiger partial charge in [0.05, 0.1) is 16.8 Å². The Morgan fingerprint density at radius 2 is 2.12 bits per heavy atom. The molecule has 128 valence electrons. The SMILES string of the molecule is Cc1nc(NC(=S)Nc2ccc(F)c(Cl)c2)sc1C(=O)OC(C)C. The Morgan fingerprint density at radius 3 is 2.75 bits per heavy atom. The van der Waals surface area contributed by atoms with Crippen LogP contribution in [0.25, 0.3) is 0 Å². The first-order chi connectivity index (χ1) is 11.3. The highest BCUT2D eigenvalue weighted by molar-refractivity contribution is 7.80. The van der Waals surface area contributed by atoms with E-state index in [1.54, 1.807) is 20.8 Å². The highest BCUT2D eigenvalue weighted by Crippen LogP contribution is 2.24. The van der Waals surface area contributed by atoms with E-state index in [0.29, 0.717) is 21.4 Å². The van der Waals surface area contributed by atoms with Crippen molar-refractivity contribution < 1.29 is 13.9 Å². The monoisotopic (exact) mass is 387 g/mol. The molecule has 2 rings (SSSR count). The summed E-state index contributed by atoms with van der Waals surface area (Å²) in [4.78, 5) is 16.6. The van der Waals surface area contributed by atoms with E-state index in [4.69, 9.17) is 28.6 Å². The van der Waals surface area contributed by atoms with Crippen molar-refractivity contribution in [3.63, 3.8) is 0 Å². The number of halogens is 2. The van der Waals surface area contributed by atoms with Crippen LogP contribution in [0.4, 0.5) is 15.2 Å². The van der Waals surface area contributed by atoms with Crippen LogP contribution in [-0.4, -0.2) is 22.2 Å². The fraction of sp³-hybridized carbons (Fsp3) is 0.267. The van der Waals surface area contributed by atoms with Gasteiger partial charge in [0, 0.05) is 5.69 Å². The molecule has 0 spiro atoms. The van der Waals surface area contributed by atoms with Crippen molar-refractivity contribution in [2.75, 3.05) is 10.6 Å². The normalized spacial score (nSPS) is 10.6. The number of carbonyl (C=O) groups excluding carboxylic acids is 1. The third-order valence-electron chi connectivity index (χ3n) is 2.72. The number of hydrogen-bond donors (Lipinski definition) is 2. The van der Waals surface area contributed by atoms with Crippen molar-refractivity contribution in [1.82, 2.24) is 4.98 Å². The maximum absolute atomic E-state index is 13.1. The fourth-order valence-electron chi connectivity index (χ4n) is 1.74. The Morgan fingerprint density at radius 1 is 1.42 bits per heavy atom. The van der Waals surface area contributed by atoms with Crippen LogP contribution < -0.4 is 10.6 Å². The van der Waals surface area contributed by atoms with Gasteiger partial charge in [-0.3, -0.25) is 0 Å². The predicted molar refractivity (Wildman–Crippen MR) is 98.7 cm³/mol. The number of nitrogens with zero attached hydrogens (tertiary/aromatic N) is 1. The van der Waals surface area contributed by atoms with E-state index >= 15 is 0 Å². The van der Waals surface area contributed by atoms with Crippen LogP contribution in [0, 0.1) is 12.7 Å². The summed E-state index contributed by atoms with van der Waals surface area (Å²) in [6.07, 6.45) is -0.207. The van der Waals surface area contributed by atoms with Crippen LogP contribution in [0.3, 0.4) is 0 Å². The Balaban J connectivity index is 2.04. The van der Waals surface area contributed by atoms with Gasteiger partial charge < -0.3 is 15.4 Å². The lowest BCUT2D eigenvalue weighted by molar-refractivity contribution is 0.0382. The molecule has 0 saturated carbocycles. The number of benzene rings is 1. The van der Waals surface area contributed by atoms with E-state index in [-0.39, 0.29) is 16.2 Å². The molecule has 1 aromatic heterocycles. The maximum Gasteiger partial charge on any atom is 0.350 e. The molecule has 1 heterocycles. The number of carbonyl (C=O) groups is 1. The van der Waals surface area contributed by atoms with Crippen LogP contribution in [0.5, 0.6) is 0 Å². The number of nitrogens with one attached hydrogen (secondary N) is 2. The summed E-state index contributed by atoms with van der Waals surface area (Å²) in [6, 6.07) is 4.16. The minimum Gasteiger partial charge on any atom is -0.459 e. The zero-order valence-electron chi connectivity index (χ0n) is 13.1. The molecule has 5 nitrogen and oxygen atoms in total. The molecule has 0 aliphatic rings. The van der Waals surface area contributed by atoms with Gasteiger partial charge in [0.2, 0.25) is 0 Å². The molecule has 0 atom stereocenters. The molecule has 9 heteroatoms. The summed E-state index contributed by atoms with van der Waals surface area (Å²) in [5.74, 6) is -0.929. The molecule has 0 aliphatic carbocycles. The smallest absolute Gasteiger partial charge is 0.350 e. The molecular weight excluding hydrogens is 373 g/mol. The summed E-state index contributed by atoms with van der Waals surface area (Å²) in [6.45, 7) is 5.27. The number of aryl methyl sites for hydroxylation is 1. The first kappa shape index (κ1) is 18.6. The Labute approximate surface area is 153 Å². The molecule has 2 N–H and O–H groups in total. The summed E-state index contributed by atoms with van der Waals surface area (Å²) in [5, 5.41) is 6.44. The van der Waals surface area contributed by atoms with Gasteiger partial charge in [-0.15, -0.1) is 0 Å². The van der Waals surface area contributed by atoms with E-state index in [1.807, 2.05) is 0 Å². The zero-order chi connectivity index (χ0) is 17.9. The van der Waals surface area contributed by atoms with Gasteiger partial charge in [0.1, 0.15) is 10.7 Å². The third kappa shape index (κ3) is 4.86. The Bertz CT molecular complexity index is 780. The number of anilines is 2. The van der Waals surface area contributed by atoms with Gasteiger partial charge in [-0.1, -0.05) is 22.9 Å². The molecule has 2 aromatic rings. The van der Waals surface area contributed by atoms with Crippen LogP contribution >= 0.6 is 35.2 Å². The number of hydrogen-bond acceptors (Lipinski definition) is 5. The lowest BCUT2D eigenvalue weighted by Crippen LogP contribution is -2.18. The van der Waals surface area contributed by atoms with Gasteiger partial charge in [0.25, 0.3) is 0 Å². The van der Waals surface area contributed by atoms with Crippen LogP contribution in [0.2, 0.25) is 5.02 Å². The molecule has 0 fully saturated rings. The number of thiazole rings is 1. The lowest BCUT2D eigenvalue weighted by Gasteiger charge is -2.08. The third-order valence-corrected chi connectivity index (χ3v) is 4.27. The largest absolute Gasteiger partial charge is 0.459 e. The summed E-state index contributed by atoms with van der Waals surface area (Å²) < 4.78 is 18.3. The second kappa shape index (κ2) is 7.87. The fourth-order valence-corrected chi connectivity index (χ4v) is 3.05. The topological polar surface area (TPSA) is 63.2 Å².